The number of aryl methyl sites for hydroxylation is 1. The average Bonchev–Trinajstić information content (AvgIpc) is 2.70. The van der Waals surface area contributed by atoms with Gasteiger partial charge in [-0.2, -0.15) is 0 Å². The number of hydrogen-bond acceptors (Lipinski definition) is 5. The van der Waals surface area contributed by atoms with Gasteiger partial charge in [0.05, 0.1) is 13.2 Å². The Balaban J connectivity index is 2.17. The van der Waals surface area contributed by atoms with Gasteiger partial charge in [-0.25, -0.2) is 0 Å². The number of guanidine groups is 1. The zero-order chi connectivity index (χ0) is 21.1. The van der Waals surface area contributed by atoms with Crippen molar-refractivity contribution in [2.24, 2.45) is 5.73 Å². The third-order valence-electron chi connectivity index (χ3n) is 4.19. The molecule has 4 N–H and O–H groups in total. The summed E-state index contributed by atoms with van der Waals surface area (Å²) in [6.07, 6.45) is 1.55. The van der Waals surface area contributed by atoms with Gasteiger partial charge in [-0.15, -0.1) is 0 Å². The minimum atomic E-state index is -0.344. The van der Waals surface area contributed by atoms with Gasteiger partial charge < -0.3 is 19.9 Å². The number of hydrogen-bond donors (Lipinski definition) is 3. The van der Waals surface area contributed by atoms with E-state index >= 15 is 0 Å². The SMILES string of the molecule is CCOc1ccc(-c2ccc(CCC(=O)NC(=N)N)cc2OCCCOC)cc1. The third-order valence-corrected chi connectivity index (χ3v) is 4.19. The van der Waals surface area contributed by atoms with Crippen LogP contribution >= 0.6 is 0 Å². The van der Waals surface area contributed by atoms with E-state index in [9.17, 15) is 4.79 Å². The second-order valence-electron chi connectivity index (χ2n) is 6.44. The highest BCUT2D eigenvalue weighted by atomic mass is 16.5. The first-order valence-corrected chi connectivity index (χ1v) is 9.65. The van der Waals surface area contributed by atoms with E-state index in [0.717, 1.165) is 34.6 Å². The van der Waals surface area contributed by atoms with Crippen LogP contribution < -0.4 is 20.5 Å². The lowest BCUT2D eigenvalue weighted by atomic mass is 10.0. The standard InChI is InChI=1S/C22H29N3O4/c1-3-28-18-9-7-17(8-10-18)19-11-5-16(6-12-21(26)25-22(23)24)15-20(19)29-14-4-13-27-2/h5,7-11,15H,3-4,6,12-14H2,1-2H3,(H4,23,24,25,26). The lowest BCUT2D eigenvalue weighted by molar-refractivity contribution is -0.119. The maximum absolute atomic E-state index is 11.7. The smallest absolute Gasteiger partial charge is 0.226 e. The fourth-order valence-electron chi connectivity index (χ4n) is 2.83. The molecule has 29 heavy (non-hydrogen) atoms. The number of carbonyl (C=O) groups is 1. The Morgan fingerprint density at radius 2 is 1.86 bits per heavy atom. The quantitative estimate of drug-likeness (QED) is 0.306. The van der Waals surface area contributed by atoms with Crippen LogP contribution in [-0.4, -0.2) is 38.8 Å². The van der Waals surface area contributed by atoms with Crippen molar-refractivity contribution in [3.05, 3.63) is 48.0 Å². The molecular formula is C22H29N3O4. The number of rotatable bonds is 11. The molecule has 0 aliphatic rings. The molecule has 7 heteroatoms. The van der Waals surface area contributed by atoms with Gasteiger partial charge in [-0.1, -0.05) is 24.3 Å². The van der Waals surface area contributed by atoms with Crippen LogP contribution in [0.4, 0.5) is 0 Å². The van der Waals surface area contributed by atoms with Gasteiger partial charge in [0.15, 0.2) is 5.96 Å². The third kappa shape index (κ3) is 7.46. The van der Waals surface area contributed by atoms with Crippen LogP contribution in [0.15, 0.2) is 42.5 Å². The van der Waals surface area contributed by atoms with Crippen LogP contribution in [-0.2, 0) is 16.0 Å². The summed E-state index contributed by atoms with van der Waals surface area (Å²) in [4.78, 5) is 11.7. The number of amides is 1. The average molecular weight is 399 g/mol. The second kappa shape index (κ2) is 11.7. The van der Waals surface area contributed by atoms with Crippen molar-refractivity contribution in [3.63, 3.8) is 0 Å². The monoisotopic (exact) mass is 399 g/mol. The normalized spacial score (nSPS) is 10.4. The molecule has 0 fully saturated rings. The van der Waals surface area contributed by atoms with E-state index in [-0.39, 0.29) is 18.3 Å². The van der Waals surface area contributed by atoms with E-state index in [1.54, 1.807) is 7.11 Å². The Kier molecular flexibility index (Phi) is 8.98. The van der Waals surface area contributed by atoms with Crippen molar-refractivity contribution < 1.29 is 19.0 Å². The minimum Gasteiger partial charge on any atom is -0.494 e. The van der Waals surface area contributed by atoms with Gasteiger partial charge in [0.1, 0.15) is 11.5 Å². The molecular weight excluding hydrogens is 370 g/mol. The molecule has 0 heterocycles. The first-order chi connectivity index (χ1) is 14.0. The van der Waals surface area contributed by atoms with E-state index in [4.69, 9.17) is 25.4 Å². The molecule has 0 spiro atoms. The Morgan fingerprint density at radius 3 is 2.52 bits per heavy atom. The van der Waals surface area contributed by atoms with E-state index in [1.807, 2.05) is 49.4 Å². The van der Waals surface area contributed by atoms with Crippen molar-refractivity contribution in [2.75, 3.05) is 26.9 Å². The number of nitrogens with one attached hydrogen (secondary N) is 2. The van der Waals surface area contributed by atoms with Crippen molar-refractivity contribution in [2.45, 2.75) is 26.2 Å². The summed E-state index contributed by atoms with van der Waals surface area (Å²) >= 11 is 0. The molecule has 0 saturated carbocycles. The maximum atomic E-state index is 11.7. The molecule has 0 radical (unpaired) electrons. The predicted octanol–water partition coefficient (Wildman–Crippen LogP) is 3.11. The van der Waals surface area contributed by atoms with Crippen molar-refractivity contribution >= 4 is 11.9 Å². The van der Waals surface area contributed by atoms with Gasteiger partial charge in [0.2, 0.25) is 5.91 Å². The lowest BCUT2D eigenvalue weighted by Gasteiger charge is -2.14. The largest absolute Gasteiger partial charge is 0.494 e. The van der Waals surface area contributed by atoms with Gasteiger partial charge in [-0.05, 0) is 42.7 Å². The summed E-state index contributed by atoms with van der Waals surface area (Å²) in [5.41, 5.74) is 8.16. The van der Waals surface area contributed by atoms with E-state index < -0.39 is 0 Å². The Morgan fingerprint density at radius 1 is 1.10 bits per heavy atom. The van der Waals surface area contributed by atoms with E-state index in [2.05, 4.69) is 5.32 Å². The summed E-state index contributed by atoms with van der Waals surface area (Å²) in [5, 5.41) is 9.42. The first kappa shape index (κ1) is 22.2. The molecule has 0 unspecified atom stereocenters. The van der Waals surface area contributed by atoms with Crippen molar-refractivity contribution in [3.8, 4) is 22.6 Å². The molecule has 0 aliphatic carbocycles. The zero-order valence-electron chi connectivity index (χ0n) is 17.0. The van der Waals surface area contributed by atoms with Crippen molar-refractivity contribution in [1.29, 1.82) is 5.41 Å². The first-order valence-electron chi connectivity index (χ1n) is 9.65. The highest BCUT2D eigenvalue weighted by Gasteiger charge is 2.10. The van der Waals surface area contributed by atoms with Crippen LogP contribution in [0, 0.1) is 5.41 Å². The lowest BCUT2D eigenvalue weighted by Crippen LogP contribution is -2.35. The van der Waals surface area contributed by atoms with Gasteiger partial charge in [0.25, 0.3) is 0 Å². The summed E-state index contributed by atoms with van der Waals surface area (Å²) < 4.78 is 16.6. The van der Waals surface area contributed by atoms with Gasteiger partial charge in [0, 0.05) is 32.1 Å². The fraction of sp³-hybridized carbons (Fsp3) is 0.364. The molecule has 0 atom stereocenters. The molecule has 0 aromatic heterocycles. The molecule has 0 saturated heterocycles. The van der Waals surface area contributed by atoms with Crippen LogP contribution in [0.5, 0.6) is 11.5 Å². The second-order valence-corrected chi connectivity index (χ2v) is 6.44. The molecule has 2 aromatic rings. The Hall–Kier alpha value is -3.06. The molecule has 2 aromatic carbocycles. The van der Waals surface area contributed by atoms with E-state index in [1.165, 1.54) is 0 Å². The van der Waals surface area contributed by atoms with Gasteiger partial charge >= 0.3 is 0 Å². The highest BCUT2D eigenvalue weighted by Crippen LogP contribution is 2.32. The molecule has 1 amide bonds. The minimum absolute atomic E-state index is 0.241. The predicted molar refractivity (Wildman–Crippen MR) is 113 cm³/mol. The molecule has 7 nitrogen and oxygen atoms in total. The van der Waals surface area contributed by atoms with Crippen molar-refractivity contribution in [1.82, 2.24) is 5.32 Å². The number of nitrogens with two attached hydrogens (primary N) is 1. The molecule has 0 bridgehead atoms. The van der Waals surface area contributed by atoms with E-state index in [0.29, 0.717) is 26.2 Å². The summed E-state index contributed by atoms with van der Waals surface area (Å²) in [6, 6.07) is 13.8. The van der Waals surface area contributed by atoms with Gasteiger partial charge in [-0.3, -0.25) is 15.5 Å². The highest BCUT2D eigenvalue weighted by molar-refractivity contribution is 5.94. The summed E-state index contributed by atoms with van der Waals surface area (Å²) in [7, 11) is 1.66. The topological polar surface area (TPSA) is 107 Å². The maximum Gasteiger partial charge on any atom is 0.226 e. The summed E-state index contributed by atoms with van der Waals surface area (Å²) in [6.45, 7) is 3.74. The zero-order valence-corrected chi connectivity index (χ0v) is 17.0. The van der Waals surface area contributed by atoms with Crippen LogP contribution in [0.25, 0.3) is 11.1 Å². The number of ether oxygens (including phenoxy) is 3. The number of carbonyl (C=O) groups excluding carboxylic acids is 1. The fourth-order valence-corrected chi connectivity index (χ4v) is 2.83. The Labute approximate surface area is 171 Å². The number of benzene rings is 2. The van der Waals surface area contributed by atoms with Crippen LogP contribution in [0.1, 0.15) is 25.3 Å². The molecule has 2 rings (SSSR count). The molecule has 0 aliphatic heterocycles. The number of methoxy groups -OCH3 is 1. The molecule has 156 valence electrons. The Bertz CT molecular complexity index is 806. The summed E-state index contributed by atoms with van der Waals surface area (Å²) in [5.74, 6) is 0.959. The van der Waals surface area contributed by atoms with Crippen LogP contribution in [0.3, 0.4) is 0 Å². The van der Waals surface area contributed by atoms with Crippen LogP contribution in [0.2, 0.25) is 0 Å².